The Bertz CT molecular complexity index is 302. The lowest BCUT2D eigenvalue weighted by molar-refractivity contribution is -0.148. The number of carbonyl (C=O) groups excluding carboxylic acids is 1. The topological polar surface area (TPSA) is 35.5 Å². The van der Waals surface area contributed by atoms with Gasteiger partial charge in [-0.2, -0.15) is 0 Å². The maximum atomic E-state index is 10.9. The van der Waals surface area contributed by atoms with Crippen LogP contribution in [0.2, 0.25) is 0 Å². The lowest BCUT2D eigenvalue weighted by atomic mass is 9.90. The maximum absolute atomic E-state index is 10.9. The predicted octanol–water partition coefficient (Wildman–Crippen LogP) is 2.64. The fourth-order valence-corrected chi connectivity index (χ4v) is 1.44. The van der Waals surface area contributed by atoms with E-state index in [1.807, 2.05) is 26.0 Å². The van der Waals surface area contributed by atoms with Gasteiger partial charge in [0.2, 0.25) is 0 Å². The van der Waals surface area contributed by atoms with Gasteiger partial charge in [0.05, 0.1) is 0 Å². The van der Waals surface area contributed by atoms with Crippen molar-refractivity contribution in [1.82, 2.24) is 0 Å². The van der Waals surface area contributed by atoms with Gasteiger partial charge in [0, 0.05) is 0 Å². The molecule has 1 heterocycles. The van der Waals surface area contributed by atoms with Gasteiger partial charge in [0.1, 0.15) is 0 Å². The Kier molecular flexibility index (Phi) is 3.95. The van der Waals surface area contributed by atoms with Crippen molar-refractivity contribution in [1.29, 1.82) is 0 Å². The van der Waals surface area contributed by atoms with E-state index in [1.54, 1.807) is 0 Å². The van der Waals surface area contributed by atoms with Crippen LogP contribution in [0.4, 0.5) is 0 Å². The van der Waals surface area contributed by atoms with Crippen LogP contribution in [0.3, 0.4) is 0 Å². The first-order valence-corrected chi connectivity index (χ1v) is 5.44. The van der Waals surface area contributed by atoms with Gasteiger partial charge in [-0.1, -0.05) is 27.7 Å². The number of fused-ring (bicyclic) bond motifs is 1. The Morgan fingerprint density at radius 2 is 1.67 bits per heavy atom. The second-order valence-electron chi connectivity index (χ2n) is 3.54. The van der Waals surface area contributed by atoms with Crippen molar-refractivity contribution in [3.8, 4) is 0 Å². The molecule has 0 amide bonds. The van der Waals surface area contributed by atoms with Crippen LogP contribution in [0.15, 0.2) is 23.7 Å². The monoisotopic (exact) mass is 210 g/mol. The number of hydrogen-bond donors (Lipinski definition) is 0. The average Bonchev–Trinajstić information content (AvgIpc) is 2.23. The molecule has 2 unspecified atom stereocenters. The van der Waals surface area contributed by atoms with E-state index >= 15 is 0 Å². The van der Waals surface area contributed by atoms with Gasteiger partial charge in [0.15, 0.2) is 18.1 Å². The smallest absolute Gasteiger partial charge is 0.349 e. The molecule has 1 aliphatic heterocycles. The Balaban J connectivity index is 0.000000531. The largest absolute Gasteiger partial charge is 0.478 e. The molecule has 0 aromatic heterocycles. The van der Waals surface area contributed by atoms with Crippen LogP contribution < -0.4 is 0 Å². The first-order valence-electron chi connectivity index (χ1n) is 5.44. The number of allylic oxidation sites excluding steroid dienone is 2. The van der Waals surface area contributed by atoms with Crippen LogP contribution in [-0.2, 0) is 14.3 Å². The number of esters is 1. The van der Waals surface area contributed by atoms with Crippen molar-refractivity contribution in [3.05, 3.63) is 23.7 Å². The van der Waals surface area contributed by atoms with Gasteiger partial charge in [-0.05, 0) is 24.0 Å². The SMILES string of the molecule is CC.CC1C=C2OCC(=O)OC2=CC1C. The molecule has 0 spiro atoms. The van der Waals surface area contributed by atoms with Crippen molar-refractivity contribution < 1.29 is 14.3 Å². The molecule has 2 aliphatic rings. The first-order chi connectivity index (χ1) is 7.16. The number of carbonyl (C=O) groups is 1. The highest BCUT2D eigenvalue weighted by atomic mass is 16.6. The molecule has 2 rings (SSSR count). The molecule has 0 aromatic rings. The van der Waals surface area contributed by atoms with Crippen LogP contribution >= 0.6 is 0 Å². The molecule has 0 bridgehead atoms. The zero-order chi connectivity index (χ0) is 11.4. The van der Waals surface area contributed by atoms with Crippen molar-refractivity contribution in [2.24, 2.45) is 11.8 Å². The van der Waals surface area contributed by atoms with Gasteiger partial charge in [0.25, 0.3) is 0 Å². The molecule has 3 nitrogen and oxygen atoms in total. The third kappa shape index (κ3) is 2.61. The second-order valence-corrected chi connectivity index (χ2v) is 3.54. The molecule has 15 heavy (non-hydrogen) atoms. The van der Waals surface area contributed by atoms with Gasteiger partial charge >= 0.3 is 5.97 Å². The highest BCUT2D eigenvalue weighted by molar-refractivity contribution is 5.74. The summed E-state index contributed by atoms with van der Waals surface area (Å²) in [7, 11) is 0. The fraction of sp³-hybridized carbons (Fsp3) is 0.583. The van der Waals surface area contributed by atoms with Gasteiger partial charge in [-0.15, -0.1) is 0 Å². The van der Waals surface area contributed by atoms with Crippen molar-refractivity contribution >= 4 is 5.97 Å². The number of rotatable bonds is 0. The maximum Gasteiger partial charge on any atom is 0.349 e. The molecule has 1 fully saturated rings. The van der Waals surface area contributed by atoms with Crippen molar-refractivity contribution in [2.45, 2.75) is 27.7 Å². The fourth-order valence-electron chi connectivity index (χ4n) is 1.44. The minimum atomic E-state index is -0.315. The average molecular weight is 210 g/mol. The van der Waals surface area contributed by atoms with E-state index in [0.29, 0.717) is 23.4 Å². The van der Waals surface area contributed by atoms with Crippen LogP contribution in [0.25, 0.3) is 0 Å². The predicted molar refractivity (Wildman–Crippen MR) is 57.9 cm³/mol. The molecule has 84 valence electrons. The Morgan fingerprint density at radius 3 is 2.27 bits per heavy atom. The lowest BCUT2D eigenvalue weighted by Crippen LogP contribution is -2.24. The van der Waals surface area contributed by atoms with Gasteiger partial charge in [-0.3, -0.25) is 0 Å². The van der Waals surface area contributed by atoms with Gasteiger partial charge in [-0.25, -0.2) is 4.79 Å². The number of ether oxygens (including phenoxy) is 2. The summed E-state index contributed by atoms with van der Waals surface area (Å²) in [6.07, 6.45) is 3.95. The molecule has 0 aromatic carbocycles. The summed E-state index contributed by atoms with van der Waals surface area (Å²) < 4.78 is 10.3. The van der Waals surface area contributed by atoms with Crippen molar-refractivity contribution in [2.75, 3.05) is 6.61 Å². The molecule has 0 radical (unpaired) electrons. The Labute approximate surface area is 90.8 Å². The number of hydrogen-bond acceptors (Lipinski definition) is 3. The lowest BCUT2D eigenvalue weighted by Gasteiger charge is -2.26. The van der Waals surface area contributed by atoms with E-state index in [9.17, 15) is 4.79 Å². The summed E-state index contributed by atoms with van der Waals surface area (Å²) in [4.78, 5) is 10.9. The quantitative estimate of drug-likeness (QED) is 0.576. The normalized spacial score (nSPS) is 28.4. The zero-order valence-electron chi connectivity index (χ0n) is 9.74. The van der Waals surface area contributed by atoms with E-state index in [0.717, 1.165) is 0 Å². The molecule has 1 saturated heterocycles. The van der Waals surface area contributed by atoms with E-state index in [2.05, 4.69) is 13.8 Å². The van der Waals surface area contributed by atoms with Gasteiger partial charge < -0.3 is 9.47 Å². The van der Waals surface area contributed by atoms with Crippen molar-refractivity contribution in [3.63, 3.8) is 0 Å². The summed E-state index contributed by atoms with van der Waals surface area (Å²) in [5, 5.41) is 0. The van der Waals surface area contributed by atoms with E-state index in [4.69, 9.17) is 9.47 Å². The Hall–Kier alpha value is -1.25. The molecule has 2 atom stereocenters. The van der Waals surface area contributed by atoms with E-state index in [-0.39, 0.29) is 12.6 Å². The molecular formula is C12H18O3. The standard InChI is InChI=1S/C10H12O3.C2H6/c1-6-3-8-9(4-7(6)2)13-10(11)5-12-8;1-2/h3-4,6-7H,5H2,1-2H3;1-2H3. The molecule has 1 aliphatic carbocycles. The highest BCUT2D eigenvalue weighted by Gasteiger charge is 2.27. The summed E-state index contributed by atoms with van der Waals surface area (Å²) in [6.45, 7) is 8.24. The third-order valence-electron chi connectivity index (χ3n) is 2.47. The van der Waals surface area contributed by atoms with Crippen LogP contribution in [0, 0.1) is 11.8 Å². The minimum absolute atomic E-state index is 0.0320. The Morgan fingerprint density at radius 1 is 1.13 bits per heavy atom. The first kappa shape index (κ1) is 11.8. The van der Waals surface area contributed by atoms with E-state index < -0.39 is 0 Å². The molecular weight excluding hydrogens is 192 g/mol. The highest BCUT2D eigenvalue weighted by Crippen LogP contribution is 2.30. The van der Waals surface area contributed by atoms with Crippen LogP contribution in [0.1, 0.15) is 27.7 Å². The van der Waals surface area contributed by atoms with Crippen LogP contribution in [-0.4, -0.2) is 12.6 Å². The summed E-state index contributed by atoms with van der Waals surface area (Å²) in [5.74, 6) is 1.82. The van der Waals surface area contributed by atoms with Crippen LogP contribution in [0.5, 0.6) is 0 Å². The second kappa shape index (κ2) is 5.01. The summed E-state index contributed by atoms with van der Waals surface area (Å²) in [6, 6.07) is 0. The summed E-state index contributed by atoms with van der Waals surface area (Å²) >= 11 is 0. The zero-order valence-corrected chi connectivity index (χ0v) is 9.74. The molecule has 3 heteroatoms. The summed E-state index contributed by atoms with van der Waals surface area (Å²) in [5.41, 5.74) is 0. The molecule has 0 saturated carbocycles. The third-order valence-corrected chi connectivity index (χ3v) is 2.47. The molecule has 0 N–H and O–H groups in total. The van der Waals surface area contributed by atoms with E-state index in [1.165, 1.54) is 0 Å². The minimum Gasteiger partial charge on any atom is -0.478 e.